The molecule has 2 rings (SSSR count). The number of nitrogens with one attached hydrogen (secondary N) is 1. The van der Waals surface area contributed by atoms with Crippen molar-refractivity contribution >= 4 is 11.5 Å². The van der Waals surface area contributed by atoms with E-state index in [1.807, 2.05) is 6.07 Å². The molecular weight excluding hydrogens is 179 g/mol. The fraction of sp³-hybridized carbons (Fsp3) is 0.364. The second-order valence-electron chi connectivity index (χ2n) is 3.47. The number of benzene rings is 1. The smallest absolute Gasteiger partial charge is 0.128 e. The van der Waals surface area contributed by atoms with Gasteiger partial charge < -0.3 is 5.32 Å². The first-order valence-electron chi connectivity index (χ1n) is 4.83. The number of nitrogens with zero attached hydrogens (tertiary/aromatic N) is 1. The molecule has 74 valence electrons. The summed E-state index contributed by atoms with van der Waals surface area (Å²) in [5.74, 6) is 0.798. The van der Waals surface area contributed by atoms with Crippen molar-refractivity contribution in [1.82, 2.24) is 0 Å². The van der Waals surface area contributed by atoms with Gasteiger partial charge >= 0.3 is 0 Å². The third-order valence-electron chi connectivity index (χ3n) is 2.42. The average Bonchev–Trinajstić information content (AvgIpc) is 2.66. The summed E-state index contributed by atoms with van der Waals surface area (Å²) in [6, 6.07) is 5.05. The summed E-state index contributed by atoms with van der Waals surface area (Å²) in [7, 11) is 0. The van der Waals surface area contributed by atoms with Crippen molar-refractivity contribution in [2.75, 3.05) is 11.9 Å². The van der Waals surface area contributed by atoms with Crippen molar-refractivity contribution in [1.29, 1.82) is 0 Å². The molecule has 0 fully saturated rings. The van der Waals surface area contributed by atoms with E-state index in [0.29, 0.717) is 5.56 Å². The third-order valence-corrected chi connectivity index (χ3v) is 2.42. The van der Waals surface area contributed by atoms with Gasteiger partial charge in [0.1, 0.15) is 11.7 Å². The predicted molar refractivity (Wildman–Crippen MR) is 56.3 cm³/mol. The molecule has 1 aliphatic rings. The fourth-order valence-corrected chi connectivity index (χ4v) is 1.54. The van der Waals surface area contributed by atoms with Crippen LogP contribution in [0.15, 0.2) is 23.2 Å². The predicted octanol–water partition coefficient (Wildman–Crippen LogP) is 2.74. The molecule has 0 amide bonds. The minimum atomic E-state index is -0.173. The molecule has 0 saturated carbocycles. The quantitative estimate of drug-likeness (QED) is 0.727. The first-order chi connectivity index (χ1) is 6.77. The number of halogens is 1. The Labute approximate surface area is 82.9 Å². The molecule has 0 radical (unpaired) electrons. The van der Waals surface area contributed by atoms with Crippen LogP contribution in [0.1, 0.15) is 18.4 Å². The Morgan fingerprint density at radius 3 is 3.00 bits per heavy atom. The van der Waals surface area contributed by atoms with E-state index in [1.165, 1.54) is 6.07 Å². The van der Waals surface area contributed by atoms with Crippen LogP contribution in [-0.4, -0.2) is 12.4 Å². The zero-order chi connectivity index (χ0) is 9.97. The van der Waals surface area contributed by atoms with E-state index in [-0.39, 0.29) is 5.82 Å². The van der Waals surface area contributed by atoms with Crippen molar-refractivity contribution in [3.63, 3.8) is 0 Å². The summed E-state index contributed by atoms with van der Waals surface area (Å²) in [6.45, 7) is 2.66. The van der Waals surface area contributed by atoms with Crippen molar-refractivity contribution in [3.05, 3.63) is 29.6 Å². The summed E-state index contributed by atoms with van der Waals surface area (Å²) in [5, 5.41) is 3.16. The van der Waals surface area contributed by atoms with Crippen molar-refractivity contribution in [3.8, 4) is 0 Å². The molecule has 0 atom stereocenters. The van der Waals surface area contributed by atoms with Gasteiger partial charge in [0.25, 0.3) is 0 Å². The summed E-state index contributed by atoms with van der Waals surface area (Å²) in [5.41, 5.74) is 1.48. The van der Waals surface area contributed by atoms with Crippen LogP contribution < -0.4 is 5.32 Å². The van der Waals surface area contributed by atoms with Crippen LogP contribution in [0.5, 0.6) is 0 Å². The highest BCUT2D eigenvalue weighted by atomic mass is 19.1. The van der Waals surface area contributed by atoms with E-state index in [0.717, 1.165) is 30.9 Å². The maximum absolute atomic E-state index is 13.2. The van der Waals surface area contributed by atoms with Crippen LogP contribution in [0.3, 0.4) is 0 Å². The van der Waals surface area contributed by atoms with Crippen LogP contribution in [0, 0.1) is 12.7 Å². The van der Waals surface area contributed by atoms with Gasteiger partial charge in [0.05, 0.1) is 0 Å². The average molecular weight is 192 g/mol. The molecular formula is C11H13FN2. The van der Waals surface area contributed by atoms with E-state index in [4.69, 9.17) is 0 Å². The van der Waals surface area contributed by atoms with E-state index < -0.39 is 0 Å². The van der Waals surface area contributed by atoms with Gasteiger partial charge in [-0.1, -0.05) is 6.07 Å². The Morgan fingerprint density at radius 2 is 2.29 bits per heavy atom. The largest absolute Gasteiger partial charge is 0.344 e. The molecule has 1 heterocycles. The Balaban J connectivity index is 2.20. The summed E-state index contributed by atoms with van der Waals surface area (Å²) in [6.07, 6.45) is 2.06. The first kappa shape index (κ1) is 9.19. The van der Waals surface area contributed by atoms with Gasteiger partial charge in [-0.15, -0.1) is 0 Å². The molecule has 1 aliphatic heterocycles. The molecule has 14 heavy (non-hydrogen) atoms. The molecule has 1 aromatic rings. The summed E-state index contributed by atoms with van der Waals surface area (Å²) >= 11 is 0. The van der Waals surface area contributed by atoms with Crippen molar-refractivity contribution in [2.24, 2.45) is 4.99 Å². The number of anilines is 1. The topological polar surface area (TPSA) is 24.4 Å². The lowest BCUT2D eigenvalue weighted by atomic mass is 10.2. The Kier molecular flexibility index (Phi) is 2.48. The normalized spacial score (nSPS) is 15.4. The van der Waals surface area contributed by atoms with E-state index in [9.17, 15) is 4.39 Å². The molecule has 0 aliphatic carbocycles. The standard InChI is InChI=1S/C11H13FN2/c1-8-9(12)4-2-5-10(8)14-11-6-3-7-13-11/h2,4-5H,3,6-7H2,1H3,(H,13,14). The molecule has 0 saturated heterocycles. The molecule has 0 aromatic heterocycles. The Morgan fingerprint density at radius 1 is 1.43 bits per heavy atom. The zero-order valence-corrected chi connectivity index (χ0v) is 8.18. The molecule has 0 spiro atoms. The maximum atomic E-state index is 13.2. The van der Waals surface area contributed by atoms with Crippen LogP contribution in [0.2, 0.25) is 0 Å². The number of hydrogen-bond donors (Lipinski definition) is 1. The van der Waals surface area contributed by atoms with Crippen LogP contribution in [0.4, 0.5) is 10.1 Å². The van der Waals surface area contributed by atoms with E-state index >= 15 is 0 Å². The van der Waals surface area contributed by atoms with Crippen LogP contribution in [-0.2, 0) is 0 Å². The molecule has 2 nitrogen and oxygen atoms in total. The van der Waals surface area contributed by atoms with Crippen molar-refractivity contribution in [2.45, 2.75) is 19.8 Å². The number of rotatable bonds is 1. The third kappa shape index (κ3) is 1.76. The second-order valence-corrected chi connectivity index (χ2v) is 3.47. The van der Waals surface area contributed by atoms with Crippen LogP contribution in [0.25, 0.3) is 0 Å². The van der Waals surface area contributed by atoms with Gasteiger partial charge in [0.15, 0.2) is 0 Å². The van der Waals surface area contributed by atoms with Gasteiger partial charge in [0.2, 0.25) is 0 Å². The van der Waals surface area contributed by atoms with E-state index in [1.54, 1.807) is 13.0 Å². The van der Waals surface area contributed by atoms with E-state index in [2.05, 4.69) is 10.3 Å². The lowest BCUT2D eigenvalue weighted by Gasteiger charge is -2.09. The maximum Gasteiger partial charge on any atom is 0.128 e. The van der Waals surface area contributed by atoms with Gasteiger partial charge in [-0.2, -0.15) is 0 Å². The fourth-order valence-electron chi connectivity index (χ4n) is 1.54. The highest BCUT2D eigenvalue weighted by molar-refractivity contribution is 5.96. The SMILES string of the molecule is Cc1c(F)cccc1NC1=NCCC1. The Hall–Kier alpha value is -1.38. The van der Waals surface area contributed by atoms with Gasteiger partial charge in [-0.25, -0.2) is 4.39 Å². The van der Waals surface area contributed by atoms with Crippen LogP contribution >= 0.6 is 0 Å². The molecule has 1 N–H and O–H groups in total. The molecule has 0 unspecified atom stereocenters. The molecule has 1 aromatic carbocycles. The molecule has 3 heteroatoms. The van der Waals surface area contributed by atoms with Gasteiger partial charge in [-0.05, 0) is 25.5 Å². The minimum Gasteiger partial charge on any atom is -0.344 e. The monoisotopic (exact) mass is 192 g/mol. The second kappa shape index (κ2) is 3.78. The Bertz CT molecular complexity index is 372. The number of hydrogen-bond acceptors (Lipinski definition) is 2. The van der Waals surface area contributed by atoms with Gasteiger partial charge in [-0.3, -0.25) is 4.99 Å². The lowest BCUT2D eigenvalue weighted by Crippen LogP contribution is -2.09. The summed E-state index contributed by atoms with van der Waals surface area (Å²) < 4.78 is 13.2. The first-order valence-corrected chi connectivity index (χ1v) is 4.83. The van der Waals surface area contributed by atoms with Gasteiger partial charge in [0, 0.05) is 24.2 Å². The zero-order valence-electron chi connectivity index (χ0n) is 8.18. The van der Waals surface area contributed by atoms with Crippen molar-refractivity contribution < 1.29 is 4.39 Å². The lowest BCUT2D eigenvalue weighted by molar-refractivity contribution is 0.619. The highest BCUT2D eigenvalue weighted by Gasteiger charge is 2.08. The highest BCUT2D eigenvalue weighted by Crippen LogP contribution is 2.18. The molecule has 0 bridgehead atoms. The number of amidine groups is 1. The number of aliphatic imine (C=N–C) groups is 1. The summed E-state index contributed by atoms with van der Waals surface area (Å²) in [4.78, 5) is 4.28. The minimum absolute atomic E-state index is 0.173.